The van der Waals surface area contributed by atoms with Crippen molar-refractivity contribution < 1.29 is 13.3 Å². The zero-order valence-corrected chi connectivity index (χ0v) is 12.1. The van der Waals surface area contributed by atoms with Crippen molar-refractivity contribution in [2.45, 2.75) is 25.2 Å². The van der Waals surface area contributed by atoms with Gasteiger partial charge in [-0.25, -0.2) is 13.1 Å². The van der Waals surface area contributed by atoms with Crippen LogP contribution in [0.1, 0.15) is 20.3 Å². The Hall–Kier alpha value is -1.71. The molecule has 1 rings (SSSR count). The molecule has 0 heterocycles. The van der Waals surface area contributed by atoms with E-state index >= 15 is 0 Å². The van der Waals surface area contributed by atoms with Crippen LogP contribution in [0.2, 0.25) is 0 Å². The Morgan fingerprint density at radius 3 is 2.60 bits per heavy atom. The molecule has 0 amide bonds. The number of nitrogens with one attached hydrogen (secondary N) is 2. The van der Waals surface area contributed by atoms with Gasteiger partial charge in [0.15, 0.2) is 0 Å². The minimum atomic E-state index is -3.77. The molecule has 4 N–H and O–H groups in total. The van der Waals surface area contributed by atoms with E-state index in [4.69, 9.17) is 5.84 Å². The molecule has 0 spiro atoms. The lowest BCUT2D eigenvalue weighted by atomic mass is 10.1. The predicted octanol–water partition coefficient (Wildman–Crippen LogP) is 1.20. The molecule has 0 aliphatic carbocycles. The summed E-state index contributed by atoms with van der Waals surface area (Å²) in [5.41, 5.74) is 1.82. The highest BCUT2D eigenvalue weighted by molar-refractivity contribution is 7.89. The van der Waals surface area contributed by atoms with Crippen LogP contribution in [-0.4, -0.2) is 19.9 Å². The zero-order chi connectivity index (χ0) is 15.3. The van der Waals surface area contributed by atoms with Crippen LogP contribution in [0.4, 0.5) is 11.4 Å². The third kappa shape index (κ3) is 3.89. The molecule has 0 saturated heterocycles. The summed E-state index contributed by atoms with van der Waals surface area (Å²) in [5, 5.41) is 10.9. The normalized spacial score (nSPS) is 12.9. The van der Waals surface area contributed by atoms with Crippen LogP contribution >= 0.6 is 0 Å². The summed E-state index contributed by atoms with van der Waals surface area (Å²) < 4.78 is 26.5. The first kappa shape index (κ1) is 16.3. The lowest BCUT2D eigenvalue weighted by Crippen LogP contribution is -2.28. The van der Waals surface area contributed by atoms with Crippen LogP contribution in [0.3, 0.4) is 0 Å². The van der Waals surface area contributed by atoms with Crippen molar-refractivity contribution in [2.75, 3.05) is 12.0 Å². The highest BCUT2D eigenvalue weighted by atomic mass is 32.2. The van der Waals surface area contributed by atoms with Crippen LogP contribution in [0.25, 0.3) is 0 Å². The van der Waals surface area contributed by atoms with Crippen molar-refractivity contribution in [1.29, 1.82) is 0 Å². The van der Waals surface area contributed by atoms with Crippen LogP contribution in [-0.2, 0) is 10.0 Å². The van der Waals surface area contributed by atoms with Gasteiger partial charge in [0.1, 0.15) is 5.69 Å². The van der Waals surface area contributed by atoms with E-state index in [2.05, 4.69) is 10.1 Å². The van der Waals surface area contributed by atoms with E-state index in [1.165, 1.54) is 12.1 Å². The average Bonchev–Trinajstić information content (AvgIpc) is 2.43. The first-order chi connectivity index (χ1) is 9.31. The van der Waals surface area contributed by atoms with Crippen molar-refractivity contribution in [3.05, 3.63) is 28.3 Å². The van der Waals surface area contributed by atoms with Crippen LogP contribution in [0.15, 0.2) is 23.1 Å². The molecule has 1 aromatic carbocycles. The molecule has 0 aromatic heterocycles. The maximum atomic E-state index is 12.0. The Balaban J connectivity index is 3.07. The van der Waals surface area contributed by atoms with E-state index in [0.717, 1.165) is 12.5 Å². The quantitative estimate of drug-likeness (QED) is 0.394. The lowest BCUT2D eigenvalue weighted by Gasteiger charge is -2.11. The molecule has 0 fully saturated rings. The number of sulfonamides is 1. The third-order valence-electron chi connectivity index (χ3n) is 2.95. The monoisotopic (exact) mass is 302 g/mol. The molecular formula is C11H18N4O4S. The zero-order valence-electron chi connectivity index (χ0n) is 11.3. The van der Waals surface area contributed by atoms with E-state index < -0.39 is 14.9 Å². The number of nitro groups is 1. The molecule has 1 aromatic rings. The van der Waals surface area contributed by atoms with E-state index in [9.17, 15) is 18.5 Å². The fourth-order valence-electron chi connectivity index (χ4n) is 1.43. The van der Waals surface area contributed by atoms with Gasteiger partial charge in [0.2, 0.25) is 10.0 Å². The van der Waals surface area contributed by atoms with Crippen molar-refractivity contribution in [3.63, 3.8) is 0 Å². The second-order valence-electron chi connectivity index (χ2n) is 4.45. The summed E-state index contributed by atoms with van der Waals surface area (Å²) in [5.74, 6) is 5.33. The number of hydrogen-bond acceptors (Lipinski definition) is 6. The van der Waals surface area contributed by atoms with Gasteiger partial charge < -0.3 is 5.43 Å². The molecule has 0 bridgehead atoms. The summed E-state index contributed by atoms with van der Waals surface area (Å²) in [4.78, 5) is 10.0. The minimum absolute atomic E-state index is 0.0517. The average molecular weight is 302 g/mol. The van der Waals surface area contributed by atoms with E-state index in [1.807, 2.05) is 13.8 Å². The number of hydrazine groups is 1. The van der Waals surface area contributed by atoms with Gasteiger partial charge in [-0.1, -0.05) is 20.3 Å². The number of nitro benzene ring substituents is 1. The summed E-state index contributed by atoms with van der Waals surface area (Å²) in [7, 11) is -3.77. The molecule has 0 radical (unpaired) electrons. The number of benzene rings is 1. The van der Waals surface area contributed by atoms with Crippen molar-refractivity contribution >= 4 is 21.4 Å². The molecule has 0 aliphatic heterocycles. The molecule has 1 unspecified atom stereocenters. The number of nitrogens with zero attached hydrogens (tertiary/aromatic N) is 1. The topological polar surface area (TPSA) is 127 Å². The smallest absolute Gasteiger partial charge is 0.294 e. The van der Waals surface area contributed by atoms with Gasteiger partial charge in [0.25, 0.3) is 5.69 Å². The maximum Gasteiger partial charge on any atom is 0.294 e. The minimum Gasteiger partial charge on any atom is -0.318 e. The van der Waals surface area contributed by atoms with Gasteiger partial charge >= 0.3 is 0 Å². The fourth-order valence-corrected chi connectivity index (χ4v) is 2.62. The molecule has 0 aliphatic rings. The second kappa shape index (κ2) is 6.64. The number of hydrogen-bond donors (Lipinski definition) is 3. The third-order valence-corrected chi connectivity index (χ3v) is 4.37. The molecule has 1 atom stereocenters. The Morgan fingerprint density at radius 2 is 2.10 bits per heavy atom. The van der Waals surface area contributed by atoms with E-state index in [1.54, 1.807) is 0 Å². The Morgan fingerprint density at radius 1 is 1.45 bits per heavy atom. The van der Waals surface area contributed by atoms with Gasteiger partial charge in [-0.3, -0.25) is 16.0 Å². The first-order valence-electron chi connectivity index (χ1n) is 6.06. The van der Waals surface area contributed by atoms with Crippen molar-refractivity contribution in [2.24, 2.45) is 11.8 Å². The Kier molecular flexibility index (Phi) is 5.43. The van der Waals surface area contributed by atoms with Crippen LogP contribution in [0.5, 0.6) is 0 Å². The largest absolute Gasteiger partial charge is 0.318 e. The Bertz CT molecular complexity index is 588. The first-order valence-corrected chi connectivity index (χ1v) is 7.54. The predicted molar refractivity (Wildman–Crippen MR) is 75.6 cm³/mol. The van der Waals surface area contributed by atoms with Crippen LogP contribution < -0.4 is 16.0 Å². The van der Waals surface area contributed by atoms with Gasteiger partial charge in [0.05, 0.1) is 9.82 Å². The molecule has 20 heavy (non-hydrogen) atoms. The molecular weight excluding hydrogens is 284 g/mol. The fraction of sp³-hybridized carbons (Fsp3) is 0.455. The molecule has 8 nitrogen and oxygen atoms in total. The highest BCUT2D eigenvalue weighted by Crippen LogP contribution is 2.26. The number of nitrogen functional groups attached to an aromatic ring is 1. The summed E-state index contributed by atoms with van der Waals surface area (Å²) >= 11 is 0. The molecule has 0 saturated carbocycles. The standard InChI is InChI=1S/C11H18N4O4S/c1-3-8(2)7-13-20(18,19)9-4-5-10(14-12)11(6-9)15(16)17/h4-6,8,13-14H,3,7,12H2,1-2H3. The number of rotatable bonds is 7. The van der Waals surface area contributed by atoms with Gasteiger partial charge in [0, 0.05) is 12.6 Å². The Labute approximate surface area is 117 Å². The molecule has 9 heteroatoms. The SMILES string of the molecule is CCC(C)CNS(=O)(=O)c1ccc(NN)c([N+](=O)[O-])c1. The summed E-state index contributed by atoms with van der Waals surface area (Å²) in [6, 6.07) is 3.51. The van der Waals surface area contributed by atoms with Gasteiger partial charge in [-0.2, -0.15) is 0 Å². The van der Waals surface area contributed by atoms with E-state index in [0.29, 0.717) is 0 Å². The van der Waals surface area contributed by atoms with Crippen molar-refractivity contribution in [3.8, 4) is 0 Å². The number of nitrogens with two attached hydrogens (primary N) is 1. The summed E-state index contributed by atoms with van der Waals surface area (Å²) in [6.07, 6.45) is 0.832. The second-order valence-corrected chi connectivity index (χ2v) is 6.21. The number of anilines is 1. The highest BCUT2D eigenvalue weighted by Gasteiger charge is 2.21. The van der Waals surface area contributed by atoms with Crippen molar-refractivity contribution in [1.82, 2.24) is 4.72 Å². The molecule has 112 valence electrons. The van der Waals surface area contributed by atoms with Crippen LogP contribution in [0, 0.1) is 16.0 Å². The van der Waals surface area contributed by atoms with Gasteiger partial charge in [-0.05, 0) is 18.1 Å². The van der Waals surface area contributed by atoms with Gasteiger partial charge in [-0.15, -0.1) is 0 Å². The maximum absolute atomic E-state index is 12.0. The summed E-state index contributed by atoms with van der Waals surface area (Å²) in [6.45, 7) is 4.14. The van der Waals surface area contributed by atoms with E-state index in [-0.39, 0.29) is 28.7 Å². The lowest BCUT2D eigenvalue weighted by molar-refractivity contribution is -0.384.